The molecule has 0 heterocycles. The molecule has 0 aromatic heterocycles. The molecular formula is C23H30O3. The minimum atomic E-state index is -0.842. The van der Waals surface area contributed by atoms with Gasteiger partial charge >= 0.3 is 0 Å². The van der Waals surface area contributed by atoms with Gasteiger partial charge in [0.05, 0.1) is 0 Å². The van der Waals surface area contributed by atoms with Crippen molar-refractivity contribution in [3.05, 3.63) is 22.8 Å². The van der Waals surface area contributed by atoms with E-state index in [2.05, 4.69) is 6.92 Å². The van der Waals surface area contributed by atoms with Gasteiger partial charge in [-0.05, 0) is 98.7 Å². The van der Waals surface area contributed by atoms with Crippen LogP contribution in [0.25, 0.3) is 0 Å². The molecule has 2 bridgehead atoms. The van der Waals surface area contributed by atoms with Gasteiger partial charge in [0, 0.05) is 11.8 Å². The molecule has 26 heavy (non-hydrogen) atoms. The summed E-state index contributed by atoms with van der Waals surface area (Å²) in [5, 5.41) is 10.1. The summed E-state index contributed by atoms with van der Waals surface area (Å²) >= 11 is 0. The van der Waals surface area contributed by atoms with E-state index < -0.39 is 6.10 Å². The average molecular weight is 354 g/mol. The first kappa shape index (κ1) is 16.9. The molecule has 3 saturated carbocycles. The Labute approximate surface area is 155 Å². The Hall–Kier alpha value is -1.22. The van der Waals surface area contributed by atoms with Crippen molar-refractivity contribution in [1.29, 1.82) is 0 Å². The predicted molar refractivity (Wildman–Crippen MR) is 99.4 cm³/mol. The molecule has 0 unspecified atom stereocenters. The number of allylic oxidation sites excluding steroid dienone is 4. The lowest BCUT2D eigenvalue weighted by atomic mass is 9.48. The zero-order valence-electron chi connectivity index (χ0n) is 16.1. The number of carbonyl (C=O) groups excluding carboxylic acids is 2. The zero-order valence-corrected chi connectivity index (χ0v) is 16.1. The molecular weight excluding hydrogens is 324 g/mol. The topological polar surface area (TPSA) is 54.4 Å². The number of hydrogen-bond acceptors (Lipinski definition) is 3. The maximum atomic E-state index is 13.1. The molecule has 0 spiro atoms. The first-order valence-corrected chi connectivity index (χ1v) is 10.5. The first-order valence-electron chi connectivity index (χ1n) is 10.5. The molecule has 3 atom stereocenters. The second-order valence-corrected chi connectivity index (χ2v) is 9.84. The molecule has 0 aromatic carbocycles. The van der Waals surface area contributed by atoms with Crippen molar-refractivity contribution in [1.82, 2.24) is 0 Å². The smallest absolute Gasteiger partial charge is 0.167 e. The van der Waals surface area contributed by atoms with Crippen LogP contribution >= 0.6 is 0 Å². The molecule has 140 valence electrons. The summed E-state index contributed by atoms with van der Waals surface area (Å²) in [7, 11) is 0. The summed E-state index contributed by atoms with van der Waals surface area (Å²) in [4.78, 5) is 25.0. The molecule has 0 radical (unpaired) electrons. The third-order valence-electron chi connectivity index (χ3n) is 9.42. The normalized spacial score (nSPS) is 45.0. The number of hydrogen-bond donors (Lipinski definition) is 1. The van der Waals surface area contributed by atoms with E-state index in [1.807, 2.05) is 6.08 Å². The lowest BCUT2D eigenvalue weighted by Crippen LogP contribution is -2.51. The molecule has 0 amide bonds. The van der Waals surface area contributed by atoms with Gasteiger partial charge in [0.15, 0.2) is 11.6 Å². The third-order valence-corrected chi connectivity index (χ3v) is 9.42. The van der Waals surface area contributed by atoms with Crippen molar-refractivity contribution in [2.24, 2.45) is 22.2 Å². The summed E-state index contributed by atoms with van der Waals surface area (Å²) < 4.78 is 0. The highest BCUT2D eigenvalue weighted by molar-refractivity contribution is 5.93. The molecule has 3 nitrogen and oxygen atoms in total. The Balaban J connectivity index is 1.61. The van der Waals surface area contributed by atoms with Crippen molar-refractivity contribution in [3.63, 3.8) is 0 Å². The molecule has 5 aliphatic carbocycles. The molecule has 5 aliphatic rings. The fraction of sp³-hybridized carbons (Fsp3) is 0.739. The van der Waals surface area contributed by atoms with Crippen LogP contribution in [0.1, 0.15) is 78.1 Å². The van der Waals surface area contributed by atoms with Crippen molar-refractivity contribution < 1.29 is 14.7 Å². The van der Waals surface area contributed by atoms with Crippen LogP contribution in [-0.4, -0.2) is 22.8 Å². The van der Waals surface area contributed by atoms with Gasteiger partial charge in [-0.1, -0.05) is 12.5 Å². The number of fused-ring (bicyclic) bond motifs is 2. The zero-order chi connectivity index (χ0) is 18.3. The minimum Gasteiger partial charge on any atom is -0.386 e. The standard InChI is InChI=1S/C23H30O3/c1-14(24)20(26)23-11-9-22(10-12-23)19-6-3-15-13-16(25)4-5-17(15)18(19)7-8-21(22,23)2/h13-14,19,24H,3-12H2,1-2H3/t14-,19-,21+,22?,23?/m1/s1. The monoisotopic (exact) mass is 354 g/mol. The lowest BCUT2D eigenvalue weighted by Gasteiger charge is -2.56. The Kier molecular flexibility index (Phi) is 3.37. The molecule has 0 aromatic rings. The van der Waals surface area contributed by atoms with Crippen molar-refractivity contribution in [2.45, 2.75) is 84.2 Å². The summed E-state index contributed by atoms with van der Waals surface area (Å²) in [5.74, 6) is 0.993. The number of aliphatic hydroxyl groups excluding tert-OH is 1. The maximum absolute atomic E-state index is 13.1. The fourth-order valence-corrected chi connectivity index (χ4v) is 8.20. The molecule has 1 N–H and O–H groups in total. The van der Waals surface area contributed by atoms with Crippen LogP contribution in [0.15, 0.2) is 22.8 Å². The second-order valence-electron chi connectivity index (χ2n) is 9.84. The number of ketones is 2. The van der Waals surface area contributed by atoms with Gasteiger partial charge in [0.1, 0.15) is 6.10 Å². The Morgan fingerprint density at radius 3 is 2.54 bits per heavy atom. The minimum absolute atomic E-state index is 0.0362. The van der Waals surface area contributed by atoms with E-state index in [0.717, 1.165) is 57.8 Å². The Morgan fingerprint density at radius 1 is 1.12 bits per heavy atom. The van der Waals surface area contributed by atoms with Crippen LogP contribution < -0.4 is 0 Å². The molecule has 0 aliphatic heterocycles. The van der Waals surface area contributed by atoms with Gasteiger partial charge in [-0.3, -0.25) is 9.59 Å². The van der Waals surface area contributed by atoms with E-state index in [9.17, 15) is 14.7 Å². The van der Waals surface area contributed by atoms with E-state index in [0.29, 0.717) is 18.1 Å². The molecule has 0 saturated heterocycles. The van der Waals surface area contributed by atoms with Gasteiger partial charge in [-0.2, -0.15) is 0 Å². The van der Waals surface area contributed by atoms with E-state index in [4.69, 9.17) is 0 Å². The van der Waals surface area contributed by atoms with Gasteiger partial charge < -0.3 is 5.11 Å². The quantitative estimate of drug-likeness (QED) is 0.805. The number of Topliss-reactive ketones (excluding diaryl/α,β-unsaturated/α-hetero) is 1. The van der Waals surface area contributed by atoms with E-state index >= 15 is 0 Å². The molecule has 3 heteroatoms. The highest BCUT2D eigenvalue weighted by atomic mass is 16.3. The maximum Gasteiger partial charge on any atom is 0.167 e. The van der Waals surface area contributed by atoms with Gasteiger partial charge in [-0.25, -0.2) is 0 Å². The van der Waals surface area contributed by atoms with E-state index in [1.165, 1.54) is 11.1 Å². The van der Waals surface area contributed by atoms with Crippen LogP contribution in [0.2, 0.25) is 0 Å². The van der Waals surface area contributed by atoms with Gasteiger partial charge in [-0.15, -0.1) is 0 Å². The SMILES string of the molecule is C[C@@H](O)C(=O)C12CCC3(CC1)[C@@H]1CCC4=CC(=O)CCC4=C1CC[C@]23C. The van der Waals surface area contributed by atoms with Gasteiger partial charge in [0.2, 0.25) is 0 Å². The summed E-state index contributed by atoms with van der Waals surface area (Å²) in [6, 6.07) is 0. The Bertz CT molecular complexity index is 760. The summed E-state index contributed by atoms with van der Waals surface area (Å²) in [6.45, 7) is 4.04. The van der Waals surface area contributed by atoms with E-state index in [-0.39, 0.29) is 22.0 Å². The average Bonchev–Trinajstić information content (AvgIpc) is 3.05. The molecule has 3 fully saturated rings. The number of aliphatic hydroxyl groups is 1. The van der Waals surface area contributed by atoms with Gasteiger partial charge in [0.25, 0.3) is 0 Å². The summed E-state index contributed by atoms with van der Waals surface area (Å²) in [5.41, 5.74) is 4.43. The highest BCUT2D eigenvalue weighted by Gasteiger charge is 2.75. The fourth-order valence-electron chi connectivity index (χ4n) is 8.20. The van der Waals surface area contributed by atoms with E-state index in [1.54, 1.807) is 12.5 Å². The van der Waals surface area contributed by atoms with Crippen molar-refractivity contribution in [3.8, 4) is 0 Å². The molecule has 5 rings (SSSR count). The number of carbonyl (C=O) groups is 2. The van der Waals surface area contributed by atoms with Crippen LogP contribution in [-0.2, 0) is 9.59 Å². The first-order chi connectivity index (χ1) is 12.3. The highest BCUT2D eigenvalue weighted by Crippen LogP contribution is 2.80. The third kappa shape index (κ3) is 1.74. The van der Waals surface area contributed by atoms with Crippen molar-refractivity contribution >= 4 is 11.6 Å². The van der Waals surface area contributed by atoms with Crippen LogP contribution in [0.5, 0.6) is 0 Å². The summed E-state index contributed by atoms with van der Waals surface area (Å²) in [6.07, 6.45) is 11.2. The van der Waals surface area contributed by atoms with Crippen LogP contribution in [0.4, 0.5) is 0 Å². The largest absolute Gasteiger partial charge is 0.386 e. The van der Waals surface area contributed by atoms with Crippen molar-refractivity contribution in [2.75, 3.05) is 0 Å². The van der Waals surface area contributed by atoms with Crippen LogP contribution in [0, 0.1) is 22.2 Å². The Morgan fingerprint density at radius 2 is 1.85 bits per heavy atom. The number of rotatable bonds is 2. The second kappa shape index (κ2) is 5.19. The predicted octanol–water partition coefficient (Wildman–Crippen LogP) is 4.29. The van der Waals surface area contributed by atoms with Crippen LogP contribution in [0.3, 0.4) is 0 Å². The lowest BCUT2D eigenvalue weighted by molar-refractivity contribution is -0.144.